The van der Waals surface area contributed by atoms with Crippen LogP contribution in [-0.2, 0) is 17.0 Å². The first-order chi connectivity index (χ1) is 11.7. The van der Waals surface area contributed by atoms with E-state index in [0.29, 0.717) is 35.0 Å². The smallest absolute Gasteiger partial charge is 0.262 e. The second-order valence-corrected chi connectivity index (χ2v) is 7.01. The number of hydrogen-bond donors (Lipinski definition) is 0. The summed E-state index contributed by atoms with van der Waals surface area (Å²) >= 11 is 4.94. The number of ether oxygens (including phenoxy) is 1. The Morgan fingerprint density at radius 3 is 2.96 bits per heavy atom. The normalized spacial score (nSPS) is 11.1. The molecule has 0 saturated carbocycles. The molecular weight excluding hydrogens is 390 g/mol. The van der Waals surface area contributed by atoms with Crippen LogP contribution in [0, 0.1) is 0 Å². The summed E-state index contributed by atoms with van der Waals surface area (Å²) < 4.78 is 7.68. The van der Waals surface area contributed by atoms with Gasteiger partial charge < -0.3 is 4.74 Å². The molecule has 3 aromatic rings. The molecule has 0 atom stereocenters. The highest BCUT2D eigenvalue weighted by molar-refractivity contribution is 9.10. The average molecular weight is 406 g/mol. The number of methoxy groups -OCH3 is 1. The van der Waals surface area contributed by atoms with Crippen molar-refractivity contribution < 1.29 is 4.74 Å². The highest BCUT2D eigenvalue weighted by atomic mass is 79.9. The Labute approximate surface area is 152 Å². The quantitative estimate of drug-likeness (QED) is 0.463. The predicted octanol–water partition coefficient (Wildman–Crippen LogP) is 3.49. The molecule has 0 bridgehead atoms. The van der Waals surface area contributed by atoms with Crippen molar-refractivity contribution in [3.8, 4) is 0 Å². The first kappa shape index (κ1) is 17.1. The number of benzene rings is 1. The van der Waals surface area contributed by atoms with Crippen LogP contribution in [0.2, 0.25) is 0 Å². The van der Waals surface area contributed by atoms with Gasteiger partial charge in [0.15, 0.2) is 5.16 Å². The number of halogens is 1. The second-order valence-electron chi connectivity index (χ2n) is 5.16. The minimum Gasteiger partial charge on any atom is -0.383 e. The molecule has 0 radical (unpaired) electrons. The first-order valence-corrected chi connectivity index (χ1v) is 9.17. The topological polar surface area (TPSA) is 57.0 Å². The van der Waals surface area contributed by atoms with Gasteiger partial charge in [0.1, 0.15) is 0 Å². The van der Waals surface area contributed by atoms with Crippen molar-refractivity contribution in [3.63, 3.8) is 0 Å². The van der Waals surface area contributed by atoms with Crippen LogP contribution < -0.4 is 5.56 Å². The first-order valence-electron chi connectivity index (χ1n) is 7.40. The van der Waals surface area contributed by atoms with E-state index in [2.05, 4.69) is 25.9 Å². The fraction of sp³-hybridized carbons (Fsp3) is 0.235. The van der Waals surface area contributed by atoms with Gasteiger partial charge in [-0.2, -0.15) is 0 Å². The SMILES string of the molecule is COCCn1c(SCc2cccnc2)nc2ccc(Br)cc2c1=O. The maximum Gasteiger partial charge on any atom is 0.262 e. The van der Waals surface area contributed by atoms with Crippen molar-refractivity contribution in [1.29, 1.82) is 0 Å². The maximum atomic E-state index is 12.8. The summed E-state index contributed by atoms with van der Waals surface area (Å²) in [6.07, 6.45) is 3.57. The number of thioether (sulfide) groups is 1. The summed E-state index contributed by atoms with van der Waals surface area (Å²) in [7, 11) is 1.62. The summed E-state index contributed by atoms with van der Waals surface area (Å²) in [5.41, 5.74) is 1.74. The lowest BCUT2D eigenvalue weighted by molar-refractivity contribution is 0.183. The van der Waals surface area contributed by atoms with E-state index in [9.17, 15) is 4.79 Å². The number of hydrogen-bond acceptors (Lipinski definition) is 5. The molecule has 0 saturated heterocycles. The van der Waals surface area contributed by atoms with E-state index < -0.39 is 0 Å². The van der Waals surface area contributed by atoms with Crippen LogP contribution in [0.15, 0.2) is 57.1 Å². The lowest BCUT2D eigenvalue weighted by atomic mass is 10.2. The number of nitrogens with zero attached hydrogens (tertiary/aromatic N) is 3. The monoisotopic (exact) mass is 405 g/mol. The molecule has 0 N–H and O–H groups in total. The Morgan fingerprint density at radius 1 is 1.33 bits per heavy atom. The molecule has 3 rings (SSSR count). The van der Waals surface area contributed by atoms with Crippen LogP contribution in [0.4, 0.5) is 0 Å². The third-order valence-corrected chi connectivity index (χ3v) is 5.03. The standard InChI is InChI=1S/C17H16BrN3O2S/c1-23-8-7-21-16(22)14-9-13(18)4-5-15(14)20-17(21)24-11-12-3-2-6-19-10-12/h2-6,9-10H,7-8,11H2,1H3. The Bertz CT molecular complexity index is 899. The number of fused-ring (bicyclic) bond motifs is 1. The van der Waals surface area contributed by atoms with Gasteiger partial charge in [-0.05, 0) is 29.8 Å². The molecule has 0 aliphatic rings. The van der Waals surface area contributed by atoms with Crippen molar-refractivity contribution in [1.82, 2.24) is 14.5 Å². The molecule has 0 aliphatic heterocycles. The van der Waals surface area contributed by atoms with Crippen LogP contribution in [0.3, 0.4) is 0 Å². The zero-order valence-electron chi connectivity index (χ0n) is 13.1. The Kier molecular flexibility index (Phi) is 5.65. The van der Waals surface area contributed by atoms with Gasteiger partial charge in [0.05, 0.1) is 24.1 Å². The van der Waals surface area contributed by atoms with E-state index in [1.807, 2.05) is 36.5 Å². The zero-order valence-corrected chi connectivity index (χ0v) is 15.5. The van der Waals surface area contributed by atoms with Crippen LogP contribution in [0.25, 0.3) is 10.9 Å². The van der Waals surface area contributed by atoms with Gasteiger partial charge >= 0.3 is 0 Å². The van der Waals surface area contributed by atoms with Crippen LogP contribution in [0.1, 0.15) is 5.56 Å². The van der Waals surface area contributed by atoms with E-state index in [0.717, 1.165) is 10.0 Å². The summed E-state index contributed by atoms with van der Waals surface area (Å²) in [5, 5.41) is 1.29. The largest absolute Gasteiger partial charge is 0.383 e. The van der Waals surface area contributed by atoms with Gasteiger partial charge in [-0.3, -0.25) is 14.3 Å². The number of pyridine rings is 1. The molecule has 2 heterocycles. The van der Waals surface area contributed by atoms with Gasteiger partial charge in [0, 0.05) is 29.7 Å². The van der Waals surface area contributed by atoms with Gasteiger partial charge in [-0.1, -0.05) is 33.8 Å². The van der Waals surface area contributed by atoms with Crippen molar-refractivity contribution in [2.75, 3.05) is 13.7 Å². The second kappa shape index (κ2) is 7.92. The lowest BCUT2D eigenvalue weighted by Gasteiger charge is -2.13. The van der Waals surface area contributed by atoms with Gasteiger partial charge in [-0.15, -0.1) is 0 Å². The summed E-state index contributed by atoms with van der Waals surface area (Å²) in [6, 6.07) is 9.47. The molecule has 24 heavy (non-hydrogen) atoms. The molecule has 5 nitrogen and oxygen atoms in total. The Hall–Kier alpha value is -1.70. The van der Waals surface area contributed by atoms with Crippen molar-refractivity contribution >= 4 is 38.6 Å². The van der Waals surface area contributed by atoms with Gasteiger partial charge in [-0.25, -0.2) is 4.98 Å². The molecule has 0 aliphatic carbocycles. The molecule has 1 aromatic carbocycles. The summed E-state index contributed by atoms with van der Waals surface area (Å²) in [5.74, 6) is 0.704. The van der Waals surface area contributed by atoms with Crippen molar-refractivity contribution in [3.05, 3.63) is 63.1 Å². The van der Waals surface area contributed by atoms with E-state index in [1.165, 1.54) is 11.8 Å². The van der Waals surface area contributed by atoms with E-state index in [1.54, 1.807) is 17.9 Å². The number of rotatable bonds is 6. The maximum absolute atomic E-state index is 12.8. The number of aromatic nitrogens is 3. The van der Waals surface area contributed by atoms with E-state index in [-0.39, 0.29) is 5.56 Å². The molecule has 124 valence electrons. The van der Waals surface area contributed by atoms with Crippen molar-refractivity contribution in [2.24, 2.45) is 0 Å². The highest BCUT2D eigenvalue weighted by Gasteiger charge is 2.12. The molecule has 7 heteroatoms. The third kappa shape index (κ3) is 3.85. The van der Waals surface area contributed by atoms with E-state index >= 15 is 0 Å². The zero-order chi connectivity index (χ0) is 16.9. The Balaban J connectivity index is 2.00. The molecule has 0 fully saturated rings. The minimum absolute atomic E-state index is 0.0490. The molecule has 0 spiro atoms. The average Bonchev–Trinajstić information content (AvgIpc) is 2.61. The summed E-state index contributed by atoms with van der Waals surface area (Å²) in [4.78, 5) is 21.6. The molecule has 0 amide bonds. The molecule has 2 aromatic heterocycles. The van der Waals surface area contributed by atoms with Crippen LogP contribution in [-0.4, -0.2) is 28.3 Å². The third-order valence-electron chi connectivity index (χ3n) is 3.49. The van der Waals surface area contributed by atoms with Crippen molar-refractivity contribution in [2.45, 2.75) is 17.5 Å². The summed E-state index contributed by atoms with van der Waals surface area (Å²) in [6.45, 7) is 0.932. The van der Waals surface area contributed by atoms with Crippen LogP contribution in [0.5, 0.6) is 0 Å². The fourth-order valence-electron chi connectivity index (χ4n) is 2.29. The van der Waals surface area contributed by atoms with Gasteiger partial charge in [0.2, 0.25) is 0 Å². The van der Waals surface area contributed by atoms with E-state index in [4.69, 9.17) is 4.74 Å². The molecular formula is C17H16BrN3O2S. The highest BCUT2D eigenvalue weighted by Crippen LogP contribution is 2.23. The minimum atomic E-state index is -0.0490. The predicted molar refractivity (Wildman–Crippen MR) is 99.4 cm³/mol. The fourth-order valence-corrected chi connectivity index (χ4v) is 3.61. The lowest BCUT2D eigenvalue weighted by Crippen LogP contribution is -2.25. The van der Waals surface area contributed by atoms with Crippen LogP contribution >= 0.6 is 27.7 Å². The Morgan fingerprint density at radius 2 is 2.21 bits per heavy atom. The van der Waals surface area contributed by atoms with Gasteiger partial charge in [0.25, 0.3) is 5.56 Å². The molecule has 0 unspecified atom stereocenters.